The van der Waals surface area contributed by atoms with E-state index in [9.17, 15) is 9.18 Å². The number of rotatable bonds is 2. The molecule has 0 spiro atoms. The largest absolute Gasteiger partial charge is 0.459 e. The van der Waals surface area contributed by atoms with Gasteiger partial charge in [-0.05, 0) is 13.0 Å². The van der Waals surface area contributed by atoms with Crippen molar-refractivity contribution in [3.05, 3.63) is 23.7 Å². The zero-order valence-electron chi connectivity index (χ0n) is 9.02. The molecule has 0 unspecified atom stereocenters. The molecule has 0 bridgehead atoms. The van der Waals surface area contributed by atoms with Crippen LogP contribution in [0, 0.1) is 6.92 Å². The second-order valence-electron chi connectivity index (χ2n) is 4.06. The fourth-order valence-corrected chi connectivity index (χ4v) is 2.00. The van der Waals surface area contributed by atoms with E-state index in [4.69, 9.17) is 9.52 Å². The predicted molar refractivity (Wildman–Crippen MR) is 54.9 cm³/mol. The number of nitrogens with zero attached hydrogens (tertiary/aromatic N) is 1. The second-order valence-corrected chi connectivity index (χ2v) is 4.06. The Balaban J connectivity index is 2.19. The minimum Gasteiger partial charge on any atom is -0.459 e. The van der Waals surface area contributed by atoms with Crippen LogP contribution in [-0.2, 0) is 0 Å². The number of halogens is 1. The quantitative estimate of drug-likeness (QED) is 0.824. The predicted octanol–water partition coefficient (Wildman–Crippen LogP) is 1.13. The first-order chi connectivity index (χ1) is 7.63. The number of hydrogen-bond acceptors (Lipinski definition) is 3. The Morgan fingerprint density at radius 3 is 3.06 bits per heavy atom. The summed E-state index contributed by atoms with van der Waals surface area (Å²) in [4.78, 5) is 13.3. The number of carbonyl (C=O) groups excluding carboxylic acids is 1. The number of likely N-dealkylation sites (tertiary alicyclic amines) is 1. The van der Waals surface area contributed by atoms with E-state index < -0.39 is 12.2 Å². The van der Waals surface area contributed by atoms with Crippen LogP contribution in [0.4, 0.5) is 4.39 Å². The lowest BCUT2D eigenvalue weighted by atomic mass is 10.2. The first-order valence-electron chi connectivity index (χ1n) is 5.23. The molecule has 0 aromatic carbocycles. The molecule has 1 fully saturated rings. The van der Waals surface area contributed by atoms with Crippen molar-refractivity contribution in [2.75, 3.05) is 13.2 Å². The van der Waals surface area contributed by atoms with E-state index in [-0.39, 0.29) is 31.2 Å². The lowest BCUT2D eigenvalue weighted by Crippen LogP contribution is -2.37. The van der Waals surface area contributed by atoms with Gasteiger partial charge in [0, 0.05) is 12.0 Å². The highest BCUT2D eigenvalue weighted by molar-refractivity contribution is 5.93. The van der Waals surface area contributed by atoms with Crippen molar-refractivity contribution in [1.29, 1.82) is 0 Å². The van der Waals surface area contributed by atoms with Crippen molar-refractivity contribution in [3.8, 4) is 0 Å². The number of aliphatic hydroxyl groups is 1. The van der Waals surface area contributed by atoms with Gasteiger partial charge in [-0.15, -0.1) is 0 Å². The molecule has 1 N–H and O–H groups in total. The van der Waals surface area contributed by atoms with E-state index in [1.165, 1.54) is 11.2 Å². The van der Waals surface area contributed by atoms with Crippen LogP contribution >= 0.6 is 0 Å². The lowest BCUT2D eigenvalue weighted by molar-refractivity contribution is 0.0640. The highest BCUT2D eigenvalue weighted by Crippen LogP contribution is 2.23. The van der Waals surface area contributed by atoms with Gasteiger partial charge >= 0.3 is 0 Å². The van der Waals surface area contributed by atoms with Crippen molar-refractivity contribution >= 4 is 5.91 Å². The van der Waals surface area contributed by atoms with E-state index in [1.807, 2.05) is 0 Å². The Kier molecular flexibility index (Phi) is 2.96. The standard InChI is InChI=1S/C11H14FNO3/c1-7-2-3-16-10(7)11(15)13-5-8(12)4-9(13)6-14/h2-3,8-9,14H,4-6H2,1H3/t8-,9-/m0/s1. The molecule has 88 valence electrons. The molecule has 0 saturated carbocycles. The molecule has 0 aliphatic carbocycles. The Morgan fingerprint density at radius 1 is 1.75 bits per heavy atom. The molecule has 5 heteroatoms. The average Bonchev–Trinajstić information content (AvgIpc) is 2.83. The number of aliphatic hydroxyl groups excluding tert-OH is 1. The summed E-state index contributed by atoms with van der Waals surface area (Å²) >= 11 is 0. The van der Waals surface area contributed by atoms with Crippen LogP contribution in [0.3, 0.4) is 0 Å². The van der Waals surface area contributed by atoms with E-state index in [0.717, 1.165) is 5.56 Å². The van der Waals surface area contributed by atoms with Crippen LogP contribution in [0.15, 0.2) is 16.7 Å². The maximum atomic E-state index is 13.2. The molecular formula is C11H14FNO3. The summed E-state index contributed by atoms with van der Waals surface area (Å²) in [6.45, 7) is 1.57. The number of amides is 1. The molecule has 0 radical (unpaired) electrons. The molecule has 2 atom stereocenters. The Morgan fingerprint density at radius 2 is 2.50 bits per heavy atom. The normalized spacial score (nSPS) is 25.1. The Hall–Kier alpha value is -1.36. The molecule has 1 saturated heterocycles. The molecule has 1 aliphatic rings. The van der Waals surface area contributed by atoms with Gasteiger partial charge in [-0.3, -0.25) is 4.79 Å². The fraction of sp³-hybridized carbons (Fsp3) is 0.545. The van der Waals surface area contributed by atoms with E-state index >= 15 is 0 Å². The fourth-order valence-electron chi connectivity index (χ4n) is 2.00. The summed E-state index contributed by atoms with van der Waals surface area (Å²) in [5, 5.41) is 9.08. The van der Waals surface area contributed by atoms with Gasteiger partial charge in [0.1, 0.15) is 6.17 Å². The van der Waals surface area contributed by atoms with Crippen molar-refractivity contribution in [2.24, 2.45) is 0 Å². The van der Waals surface area contributed by atoms with Crippen LogP contribution in [0.5, 0.6) is 0 Å². The van der Waals surface area contributed by atoms with E-state index in [2.05, 4.69) is 0 Å². The molecular weight excluding hydrogens is 213 g/mol. The van der Waals surface area contributed by atoms with Crippen molar-refractivity contribution in [1.82, 2.24) is 4.90 Å². The van der Waals surface area contributed by atoms with Crippen LogP contribution in [0.1, 0.15) is 22.5 Å². The summed E-state index contributed by atoms with van der Waals surface area (Å²) in [5.41, 5.74) is 0.726. The molecule has 1 aliphatic heterocycles. The van der Waals surface area contributed by atoms with Gasteiger partial charge in [0.25, 0.3) is 5.91 Å². The average molecular weight is 227 g/mol. The third-order valence-corrected chi connectivity index (χ3v) is 2.89. The summed E-state index contributed by atoms with van der Waals surface area (Å²) in [6, 6.07) is 1.25. The maximum absolute atomic E-state index is 13.2. The number of furan rings is 1. The summed E-state index contributed by atoms with van der Waals surface area (Å²) in [5.74, 6) is -0.116. The molecule has 16 heavy (non-hydrogen) atoms. The SMILES string of the molecule is Cc1ccoc1C(=O)N1C[C@@H](F)C[C@H]1CO. The zero-order valence-corrected chi connectivity index (χ0v) is 9.02. The number of carbonyl (C=O) groups is 1. The van der Waals surface area contributed by atoms with Gasteiger partial charge in [0.15, 0.2) is 5.76 Å². The van der Waals surface area contributed by atoms with Gasteiger partial charge in [-0.1, -0.05) is 0 Å². The van der Waals surface area contributed by atoms with E-state index in [0.29, 0.717) is 0 Å². The molecule has 1 aromatic rings. The monoisotopic (exact) mass is 227 g/mol. The topological polar surface area (TPSA) is 53.7 Å². The van der Waals surface area contributed by atoms with Gasteiger partial charge < -0.3 is 14.4 Å². The summed E-state index contributed by atoms with van der Waals surface area (Å²) in [7, 11) is 0. The highest BCUT2D eigenvalue weighted by atomic mass is 19.1. The van der Waals surface area contributed by atoms with Crippen molar-refractivity contribution < 1.29 is 18.7 Å². The molecule has 2 heterocycles. The second kappa shape index (κ2) is 4.25. The van der Waals surface area contributed by atoms with Crippen LogP contribution < -0.4 is 0 Å². The van der Waals surface area contributed by atoms with Crippen LogP contribution in [-0.4, -0.2) is 41.3 Å². The van der Waals surface area contributed by atoms with E-state index in [1.54, 1.807) is 13.0 Å². The highest BCUT2D eigenvalue weighted by Gasteiger charge is 2.36. The molecule has 2 rings (SSSR count). The summed E-state index contributed by atoms with van der Waals surface area (Å²) < 4.78 is 18.2. The van der Waals surface area contributed by atoms with Crippen LogP contribution in [0.25, 0.3) is 0 Å². The number of aryl methyl sites for hydroxylation is 1. The Labute approximate surface area is 92.7 Å². The third kappa shape index (κ3) is 1.82. The zero-order chi connectivity index (χ0) is 11.7. The number of hydrogen-bond donors (Lipinski definition) is 1. The number of alkyl halides is 1. The molecule has 1 amide bonds. The van der Waals surface area contributed by atoms with Crippen molar-refractivity contribution in [2.45, 2.75) is 25.6 Å². The molecule has 4 nitrogen and oxygen atoms in total. The Bertz CT molecular complexity index is 390. The minimum atomic E-state index is -1.06. The molecule has 1 aromatic heterocycles. The first-order valence-corrected chi connectivity index (χ1v) is 5.23. The lowest BCUT2D eigenvalue weighted by Gasteiger charge is -2.21. The first kappa shape index (κ1) is 11.1. The summed E-state index contributed by atoms with van der Waals surface area (Å²) in [6.07, 6.45) is 0.568. The van der Waals surface area contributed by atoms with Gasteiger partial charge in [0.05, 0.1) is 25.5 Å². The smallest absolute Gasteiger partial charge is 0.290 e. The van der Waals surface area contributed by atoms with Gasteiger partial charge in [-0.25, -0.2) is 4.39 Å². The van der Waals surface area contributed by atoms with Gasteiger partial charge in [0.2, 0.25) is 0 Å². The van der Waals surface area contributed by atoms with Gasteiger partial charge in [-0.2, -0.15) is 0 Å². The maximum Gasteiger partial charge on any atom is 0.290 e. The third-order valence-electron chi connectivity index (χ3n) is 2.89. The van der Waals surface area contributed by atoms with Crippen molar-refractivity contribution in [3.63, 3.8) is 0 Å². The minimum absolute atomic E-state index is 0.0319. The van der Waals surface area contributed by atoms with Crippen LogP contribution in [0.2, 0.25) is 0 Å².